The Morgan fingerprint density at radius 1 is 1.16 bits per heavy atom. The lowest BCUT2D eigenvalue weighted by molar-refractivity contribution is 0.324. The Balaban J connectivity index is 1.44. The summed E-state index contributed by atoms with van der Waals surface area (Å²) in [5.41, 5.74) is 2.33. The summed E-state index contributed by atoms with van der Waals surface area (Å²) in [4.78, 5) is 2.46. The molecule has 1 aliphatic rings. The summed E-state index contributed by atoms with van der Waals surface area (Å²) in [5, 5.41) is 7.36. The van der Waals surface area contributed by atoms with Gasteiger partial charge in [0.15, 0.2) is 5.11 Å². The fraction of sp³-hybridized carbons (Fsp3) is 0.350. The second-order valence-corrected chi connectivity index (χ2v) is 6.67. The Hall–Kier alpha value is -2.11. The number of rotatable bonds is 6. The van der Waals surface area contributed by atoms with E-state index in [1.807, 2.05) is 31.2 Å². The molecule has 1 heterocycles. The largest absolute Gasteiger partial charge is 0.494 e. The predicted octanol–water partition coefficient (Wildman–Crippen LogP) is 3.65. The third-order valence-corrected chi connectivity index (χ3v) is 4.50. The van der Waals surface area contributed by atoms with Crippen molar-refractivity contribution in [3.8, 4) is 5.75 Å². The minimum atomic E-state index is 0.395. The fourth-order valence-corrected chi connectivity index (χ4v) is 3.37. The predicted molar refractivity (Wildman–Crippen MR) is 107 cm³/mol. The van der Waals surface area contributed by atoms with Gasteiger partial charge in [-0.1, -0.05) is 30.3 Å². The molecule has 1 aliphatic heterocycles. The van der Waals surface area contributed by atoms with E-state index in [2.05, 4.69) is 45.9 Å². The summed E-state index contributed by atoms with van der Waals surface area (Å²) in [6, 6.07) is 18.9. The van der Waals surface area contributed by atoms with Crippen molar-refractivity contribution in [1.82, 2.24) is 10.2 Å². The normalized spacial score (nSPS) is 17.2. The van der Waals surface area contributed by atoms with E-state index in [1.165, 1.54) is 5.56 Å². The van der Waals surface area contributed by atoms with Gasteiger partial charge in [0.05, 0.1) is 6.61 Å². The Morgan fingerprint density at radius 2 is 1.92 bits per heavy atom. The van der Waals surface area contributed by atoms with Gasteiger partial charge in [0, 0.05) is 31.4 Å². The molecule has 2 aromatic rings. The first-order valence-electron chi connectivity index (χ1n) is 8.79. The van der Waals surface area contributed by atoms with E-state index in [4.69, 9.17) is 17.0 Å². The van der Waals surface area contributed by atoms with Crippen LogP contribution >= 0.6 is 12.2 Å². The van der Waals surface area contributed by atoms with Crippen molar-refractivity contribution in [2.75, 3.05) is 25.0 Å². The van der Waals surface area contributed by atoms with E-state index in [0.29, 0.717) is 17.8 Å². The molecule has 0 unspecified atom stereocenters. The molecule has 0 bridgehead atoms. The highest BCUT2D eigenvalue weighted by atomic mass is 32.1. The summed E-state index contributed by atoms with van der Waals surface area (Å²) in [5.74, 6) is 0.874. The van der Waals surface area contributed by atoms with Crippen LogP contribution in [-0.4, -0.2) is 35.8 Å². The maximum absolute atomic E-state index is 5.45. The zero-order valence-corrected chi connectivity index (χ0v) is 15.4. The van der Waals surface area contributed by atoms with Crippen LogP contribution in [0.2, 0.25) is 0 Å². The molecule has 0 radical (unpaired) electrons. The Kier molecular flexibility index (Phi) is 6.25. The summed E-state index contributed by atoms with van der Waals surface area (Å²) in [6.07, 6.45) is 1.11. The van der Waals surface area contributed by atoms with Crippen LogP contribution in [0.4, 0.5) is 5.69 Å². The van der Waals surface area contributed by atoms with E-state index in [9.17, 15) is 0 Å². The lowest BCUT2D eigenvalue weighted by Gasteiger charge is -2.18. The molecule has 25 heavy (non-hydrogen) atoms. The van der Waals surface area contributed by atoms with Crippen molar-refractivity contribution < 1.29 is 4.74 Å². The molecule has 1 atom stereocenters. The number of hydrogen-bond acceptors (Lipinski definition) is 3. The van der Waals surface area contributed by atoms with Crippen LogP contribution in [0, 0.1) is 0 Å². The van der Waals surface area contributed by atoms with Crippen molar-refractivity contribution in [3.63, 3.8) is 0 Å². The molecule has 2 aromatic carbocycles. The second kappa shape index (κ2) is 8.83. The summed E-state index contributed by atoms with van der Waals surface area (Å²) >= 11 is 5.45. The van der Waals surface area contributed by atoms with Gasteiger partial charge in [-0.2, -0.15) is 0 Å². The van der Waals surface area contributed by atoms with E-state index >= 15 is 0 Å². The van der Waals surface area contributed by atoms with E-state index in [0.717, 1.165) is 37.5 Å². The van der Waals surface area contributed by atoms with Crippen molar-refractivity contribution in [3.05, 3.63) is 60.2 Å². The van der Waals surface area contributed by atoms with Gasteiger partial charge in [-0.15, -0.1) is 0 Å². The highest BCUT2D eigenvalue weighted by Gasteiger charge is 2.22. The van der Waals surface area contributed by atoms with Crippen LogP contribution < -0.4 is 15.4 Å². The zero-order chi connectivity index (χ0) is 17.5. The van der Waals surface area contributed by atoms with Crippen molar-refractivity contribution in [2.24, 2.45) is 0 Å². The molecular formula is C20H25N3OS. The number of anilines is 1. The molecule has 0 aliphatic carbocycles. The molecular weight excluding hydrogens is 330 g/mol. The number of likely N-dealkylation sites (tertiary alicyclic amines) is 1. The topological polar surface area (TPSA) is 36.5 Å². The zero-order valence-electron chi connectivity index (χ0n) is 14.6. The Morgan fingerprint density at radius 3 is 2.64 bits per heavy atom. The third kappa shape index (κ3) is 5.44. The standard InChI is InChI=1S/C20H25N3OS/c1-2-24-19-10-8-17(9-11-19)21-20(25)22-18-12-13-23(15-18)14-16-6-4-3-5-7-16/h3-11,18H,2,12-15H2,1H3,(H2,21,22,25)/t18-/m1/s1. The first kappa shape index (κ1) is 17.7. The summed E-state index contributed by atoms with van der Waals surface area (Å²) in [6.45, 7) is 5.76. The molecule has 0 aromatic heterocycles. The monoisotopic (exact) mass is 355 g/mol. The van der Waals surface area contributed by atoms with Crippen LogP contribution in [0.15, 0.2) is 54.6 Å². The number of nitrogens with one attached hydrogen (secondary N) is 2. The SMILES string of the molecule is CCOc1ccc(NC(=S)N[C@@H]2CCN(Cc3ccccc3)C2)cc1. The number of thiocarbonyl (C=S) groups is 1. The van der Waals surface area contributed by atoms with E-state index < -0.39 is 0 Å². The maximum Gasteiger partial charge on any atom is 0.171 e. The number of benzene rings is 2. The molecule has 3 rings (SSSR count). The minimum absolute atomic E-state index is 0.395. The van der Waals surface area contributed by atoms with Crippen LogP contribution in [0.1, 0.15) is 18.9 Å². The van der Waals surface area contributed by atoms with E-state index in [-0.39, 0.29) is 0 Å². The van der Waals surface area contributed by atoms with Gasteiger partial charge in [0.25, 0.3) is 0 Å². The van der Waals surface area contributed by atoms with Crippen LogP contribution in [0.3, 0.4) is 0 Å². The van der Waals surface area contributed by atoms with Gasteiger partial charge >= 0.3 is 0 Å². The maximum atomic E-state index is 5.45. The average molecular weight is 356 g/mol. The van der Waals surface area contributed by atoms with Gasteiger partial charge in [-0.25, -0.2) is 0 Å². The lowest BCUT2D eigenvalue weighted by Crippen LogP contribution is -2.39. The fourth-order valence-electron chi connectivity index (χ4n) is 3.09. The first-order valence-corrected chi connectivity index (χ1v) is 9.20. The van der Waals surface area contributed by atoms with Gasteiger partial charge in [0.2, 0.25) is 0 Å². The van der Waals surface area contributed by atoms with Gasteiger partial charge in [-0.3, -0.25) is 4.90 Å². The minimum Gasteiger partial charge on any atom is -0.494 e. The number of nitrogens with zero attached hydrogens (tertiary/aromatic N) is 1. The molecule has 132 valence electrons. The molecule has 5 heteroatoms. The molecule has 0 spiro atoms. The lowest BCUT2D eigenvalue weighted by atomic mass is 10.2. The molecule has 1 fully saturated rings. The third-order valence-electron chi connectivity index (χ3n) is 4.28. The van der Waals surface area contributed by atoms with Gasteiger partial charge < -0.3 is 15.4 Å². The van der Waals surface area contributed by atoms with Crippen molar-refractivity contribution in [1.29, 1.82) is 0 Å². The summed E-state index contributed by atoms with van der Waals surface area (Å²) in [7, 11) is 0. The second-order valence-electron chi connectivity index (χ2n) is 6.26. The van der Waals surface area contributed by atoms with Gasteiger partial charge in [-0.05, 0) is 55.4 Å². The molecule has 0 saturated carbocycles. The van der Waals surface area contributed by atoms with Crippen LogP contribution in [0.5, 0.6) is 5.75 Å². The molecule has 2 N–H and O–H groups in total. The van der Waals surface area contributed by atoms with Gasteiger partial charge in [0.1, 0.15) is 5.75 Å². The van der Waals surface area contributed by atoms with Crippen LogP contribution in [0.25, 0.3) is 0 Å². The molecule has 4 nitrogen and oxygen atoms in total. The smallest absolute Gasteiger partial charge is 0.171 e. The molecule has 0 amide bonds. The number of ether oxygens (including phenoxy) is 1. The highest BCUT2D eigenvalue weighted by Crippen LogP contribution is 2.16. The quantitative estimate of drug-likeness (QED) is 0.774. The van der Waals surface area contributed by atoms with E-state index in [1.54, 1.807) is 0 Å². The van der Waals surface area contributed by atoms with Crippen molar-refractivity contribution >= 4 is 23.0 Å². The first-order chi connectivity index (χ1) is 12.2. The van der Waals surface area contributed by atoms with Crippen molar-refractivity contribution in [2.45, 2.75) is 25.9 Å². The highest BCUT2D eigenvalue weighted by molar-refractivity contribution is 7.80. The Labute approximate surface area is 155 Å². The van der Waals surface area contributed by atoms with Crippen LogP contribution in [-0.2, 0) is 6.54 Å². The Bertz CT molecular complexity index is 675. The number of hydrogen-bond donors (Lipinski definition) is 2. The average Bonchev–Trinajstić information content (AvgIpc) is 3.04. The summed E-state index contributed by atoms with van der Waals surface area (Å²) < 4.78 is 5.45. The molecule has 1 saturated heterocycles.